The molecule has 0 saturated heterocycles. The minimum atomic E-state index is -1.54. The van der Waals surface area contributed by atoms with Gasteiger partial charge in [0, 0.05) is 12.8 Å². The minimum absolute atomic E-state index is 0.0107. The number of phenolic OH excluding ortho intramolecular Hbond substituents is 1. The highest BCUT2D eigenvalue weighted by Gasteiger charge is 2.32. The van der Waals surface area contributed by atoms with E-state index in [0.29, 0.717) is 24.9 Å². The number of hydrogen-bond donors (Lipinski definition) is 9. The summed E-state index contributed by atoms with van der Waals surface area (Å²) < 4.78 is 0. The molecule has 0 saturated carbocycles. The molecule has 0 aliphatic carbocycles. The molecule has 14 heteroatoms. The van der Waals surface area contributed by atoms with Crippen molar-refractivity contribution in [3.05, 3.63) is 29.8 Å². The molecule has 4 amide bonds. The first kappa shape index (κ1) is 32.3. The number of unbranched alkanes of at least 4 members (excludes halogenated alkanes) is 1. The molecule has 12 N–H and O–H groups in total. The molecule has 5 unspecified atom stereocenters. The molecule has 0 radical (unpaired) electrons. The number of primary amides is 1. The fourth-order valence-electron chi connectivity index (χ4n) is 3.46. The van der Waals surface area contributed by atoms with Crippen molar-refractivity contribution in [2.24, 2.45) is 17.2 Å². The number of aliphatic hydroxyl groups is 1. The second kappa shape index (κ2) is 16.2. The smallest absolute Gasteiger partial charge is 0.326 e. The first-order valence-electron chi connectivity index (χ1n) is 12.2. The zero-order valence-electron chi connectivity index (χ0n) is 21.3. The van der Waals surface area contributed by atoms with Gasteiger partial charge in [-0.05, 0) is 56.8 Å². The normalized spacial score (nSPS) is 14.8. The largest absolute Gasteiger partial charge is 0.508 e. The van der Waals surface area contributed by atoms with Gasteiger partial charge in [-0.1, -0.05) is 12.1 Å². The number of aliphatic hydroxyl groups excluding tert-OH is 1. The van der Waals surface area contributed by atoms with E-state index in [2.05, 4.69) is 16.0 Å². The summed E-state index contributed by atoms with van der Waals surface area (Å²) in [4.78, 5) is 61.1. The van der Waals surface area contributed by atoms with Crippen LogP contribution in [0.5, 0.6) is 5.75 Å². The Morgan fingerprint density at radius 1 is 0.895 bits per heavy atom. The summed E-state index contributed by atoms with van der Waals surface area (Å²) in [6, 6.07) is 0.536. The lowest BCUT2D eigenvalue weighted by molar-refractivity contribution is -0.143. The number of carbonyl (C=O) groups is 5. The van der Waals surface area contributed by atoms with E-state index in [4.69, 9.17) is 17.2 Å². The van der Waals surface area contributed by atoms with Crippen LogP contribution in [0, 0.1) is 0 Å². The van der Waals surface area contributed by atoms with E-state index in [1.54, 1.807) is 0 Å². The summed E-state index contributed by atoms with van der Waals surface area (Å²) in [6.07, 6.45) is -0.560. The molecule has 212 valence electrons. The van der Waals surface area contributed by atoms with Gasteiger partial charge in [-0.15, -0.1) is 0 Å². The number of nitrogens with one attached hydrogen (secondary N) is 3. The third-order valence-electron chi connectivity index (χ3n) is 5.67. The second-order valence-electron chi connectivity index (χ2n) is 8.95. The summed E-state index contributed by atoms with van der Waals surface area (Å²) >= 11 is 0. The summed E-state index contributed by atoms with van der Waals surface area (Å²) in [5.41, 5.74) is 16.9. The topological polar surface area (TPSA) is 260 Å². The number of phenols is 1. The van der Waals surface area contributed by atoms with Crippen LogP contribution >= 0.6 is 0 Å². The number of hydrogen-bond acceptors (Lipinski definition) is 9. The highest BCUT2D eigenvalue weighted by atomic mass is 16.4. The van der Waals surface area contributed by atoms with Gasteiger partial charge in [-0.3, -0.25) is 19.2 Å². The van der Waals surface area contributed by atoms with Gasteiger partial charge in [-0.2, -0.15) is 0 Å². The monoisotopic (exact) mass is 538 g/mol. The number of carboxylic acids is 1. The average molecular weight is 539 g/mol. The maximum atomic E-state index is 13.0. The highest BCUT2D eigenvalue weighted by molar-refractivity contribution is 5.94. The zero-order valence-corrected chi connectivity index (χ0v) is 21.3. The lowest BCUT2D eigenvalue weighted by Gasteiger charge is -2.26. The van der Waals surface area contributed by atoms with E-state index >= 15 is 0 Å². The Morgan fingerprint density at radius 2 is 1.50 bits per heavy atom. The van der Waals surface area contributed by atoms with E-state index < -0.39 is 59.9 Å². The number of amides is 4. The molecule has 1 aromatic rings. The third kappa shape index (κ3) is 11.5. The first-order chi connectivity index (χ1) is 17.8. The van der Waals surface area contributed by atoms with Gasteiger partial charge in [0.2, 0.25) is 23.6 Å². The van der Waals surface area contributed by atoms with E-state index in [1.807, 2.05) is 0 Å². The quantitative estimate of drug-likeness (QED) is 0.0947. The summed E-state index contributed by atoms with van der Waals surface area (Å²) in [5.74, 6) is -4.46. The van der Waals surface area contributed by atoms with Crippen molar-refractivity contribution in [1.82, 2.24) is 16.0 Å². The molecule has 0 spiro atoms. The molecule has 5 atom stereocenters. The second-order valence-corrected chi connectivity index (χ2v) is 8.95. The van der Waals surface area contributed by atoms with Crippen LogP contribution < -0.4 is 33.2 Å². The molecule has 0 bridgehead atoms. The lowest BCUT2D eigenvalue weighted by Crippen LogP contribution is -2.60. The molecule has 1 rings (SSSR count). The van der Waals surface area contributed by atoms with Crippen LogP contribution in [0.15, 0.2) is 24.3 Å². The van der Waals surface area contributed by atoms with Gasteiger partial charge in [0.25, 0.3) is 0 Å². The van der Waals surface area contributed by atoms with Gasteiger partial charge >= 0.3 is 5.97 Å². The molecule has 0 aliphatic rings. The maximum Gasteiger partial charge on any atom is 0.326 e. The molecule has 0 heterocycles. The zero-order chi connectivity index (χ0) is 28.8. The van der Waals surface area contributed by atoms with Crippen molar-refractivity contribution in [2.45, 2.75) is 75.7 Å². The Bertz CT molecular complexity index is 956. The lowest BCUT2D eigenvalue weighted by atomic mass is 10.0. The SMILES string of the molecule is CC(O)C(NC(=O)C(CCCCN)NC(=O)C(N)CCC(N)=O)C(=O)NC(Cc1ccc(O)cc1)C(=O)O. The number of nitrogens with two attached hydrogens (primary N) is 3. The van der Waals surface area contributed by atoms with Crippen molar-refractivity contribution in [3.63, 3.8) is 0 Å². The van der Waals surface area contributed by atoms with Crippen molar-refractivity contribution in [1.29, 1.82) is 0 Å². The fourth-order valence-corrected chi connectivity index (χ4v) is 3.46. The summed E-state index contributed by atoms with van der Waals surface area (Å²) in [7, 11) is 0. The minimum Gasteiger partial charge on any atom is -0.508 e. The van der Waals surface area contributed by atoms with Gasteiger partial charge in [0.15, 0.2) is 0 Å². The van der Waals surface area contributed by atoms with E-state index in [9.17, 15) is 39.3 Å². The molecule has 1 aromatic carbocycles. The number of aromatic hydroxyl groups is 1. The van der Waals surface area contributed by atoms with E-state index in [1.165, 1.54) is 31.2 Å². The Balaban J connectivity index is 2.95. The van der Waals surface area contributed by atoms with Crippen LogP contribution in [0.25, 0.3) is 0 Å². The number of rotatable bonds is 17. The van der Waals surface area contributed by atoms with Gasteiger partial charge < -0.3 is 48.5 Å². The van der Waals surface area contributed by atoms with Gasteiger partial charge in [0.1, 0.15) is 23.9 Å². The Labute approximate surface area is 220 Å². The summed E-state index contributed by atoms with van der Waals surface area (Å²) in [5, 5.41) is 36.3. The van der Waals surface area contributed by atoms with Gasteiger partial charge in [-0.25, -0.2) is 4.79 Å². The van der Waals surface area contributed by atoms with Crippen molar-refractivity contribution < 1.29 is 39.3 Å². The maximum absolute atomic E-state index is 13.0. The fraction of sp³-hybridized carbons (Fsp3) is 0.542. The van der Waals surface area contributed by atoms with Crippen LogP contribution in [0.3, 0.4) is 0 Å². The van der Waals surface area contributed by atoms with E-state index in [0.717, 1.165) is 0 Å². The van der Waals surface area contributed by atoms with Crippen molar-refractivity contribution in [3.8, 4) is 5.75 Å². The Hall–Kier alpha value is -3.75. The predicted octanol–water partition coefficient (Wildman–Crippen LogP) is -2.42. The molecule has 0 aliphatic heterocycles. The van der Waals surface area contributed by atoms with Crippen LogP contribution in [0.2, 0.25) is 0 Å². The molecule has 0 fully saturated rings. The van der Waals surface area contributed by atoms with Crippen molar-refractivity contribution in [2.75, 3.05) is 6.54 Å². The average Bonchev–Trinajstić information content (AvgIpc) is 2.85. The molecule has 0 aromatic heterocycles. The number of carbonyl (C=O) groups excluding carboxylic acids is 4. The predicted molar refractivity (Wildman–Crippen MR) is 136 cm³/mol. The first-order valence-corrected chi connectivity index (χ1v) is 12.2. The highest BCUT2D eigenvalue weighted by Crippen LogP contribution is 2.12. The summed E-state index contributed by atoms with van der Waals surface area (Å²) in [6.45, 7) is 1.58. The standard InChI is InChI=1S/C24H38N6O8/c1-13(31)20(23(36)29-18(24(37)38)12-14-5-7-15(32)8-6-14)30-22(35)17(4-2-3-11-25)28-21(34)16(26)9-10-19(27)33/h5-8,13,16-18,20,31-32H,2-4,9-12,25-26H2,1H3,(H2,27,33)(H,28,34)(H,29,36)(H,30,35)(H,37,38). The molecular formula is C24H38N6O8. The van der Waals surface area contributed by atoms with Crippen LogP contribution in [-0.4, -0.2) is 81.7 Å². The Kier molecular flexibility index (Phi) is 13.7. The third-order valence-corrected chi connectivity index (χ3v) is 5.67. The Morgan fingerprint density at radius 3 is 2.03 bits per heavy atom. The molecule has 14 nitrogen and oxygen atoms in total. The molecule has 38 heavy (non-hydrogen) atoms. The van der Waals surface area contributed by atoms with Crippen LogP contribution in [0.1, 0.15) is 44.6 Å². The molecular weight excluding hydrogens is 500 g/mol. The number of benzene rings is 1. The number of aliphatic carboxylic acids is 1. The van der Waals surface area contributed by atoms with Crippen LogP contribution in [-0.2, 0) is 30.4 Å². The van der Waals surface area contributed by atoms with Crippen molar-refractivity contribution >= 4 is 29.6 Å². The number of carboxylic acid groups (broad SMARTS) is 1. The van der Waals surface area contributed by atoms with E-state index in [-0.39, 0.29) is 31.4 Å². The van der Waals surface area contributed by atoms with Gasteiger partial charge in [0.05, 0.1) is 12.1 Å². The van der Waals surface area contributed by atoms with Crippen LogP contribution in [0.4, 0.5) is 0 Å².